The van der Waals surface area contributed by atoms with Crippen molar-refractivity contribution in [3.63, 3.8) is 0 Å². The molecule has 5 rings (SSSR count). The van der Waals surface area contributed by atoms with Crippen LogP contribution in [0.5, 0.6) is 5.75 Å². The van der Waals surface area contributed by atoms with E-state index < -0.39 is 11.5 Å². The minimum atomic E-state index is -0.676. The van der Waals surface area contributed by atoms with Gasteiger partial charge in [0.05, 0.1) is 10.3 Å². The number of nitrogens with zero attached hydrogens (tertiary/aromatic N) is 2. The third-order valence-electron chi connectivity index (χ3n) is 6.93. The quantitative estimate of drug-likeness (QED) is 0.413. The van der Waals surface area contributed by atoms with Gasteiger partial charge in [-0.2, -0.15) is 0 Å². The van der Waals surface area contributed by atoms with Crippen LogP contribution < -0.4 is 9.64 Å². The molecule has 0 radical (unpaired) electrons. The molecule has 0 amide bonds. The second-order valence-corrected chi connectivity index (χ2v) is 9.24. The molecule has 0 N–H and O–H groups in total. The van der Waals surface area contributed by atoms with Crippen molar-refractivity contribution in [2.45, 2.75) is 57.0 Å². The molecule has 7 heteroatoms. The van der Waals surface area contributed by atoms with E-state index in [2.05, 4.69) is 37.8 Å². The first-order valence-corrected chi connectivity index (χ1v) is 10.3. The number of rotatable bonds is 4. The van der Waals surface area contributed by atoms with Gasteiger partial charge in [-0.3, -0.25) is 10.1 Å². The van der Waals surface area contributed by atoms with Crippen molar-refractivity contribution >= 4 is 11.4 Å². The van der Waals surface area contributed by atoms with Crippen molar-refractivity contribution in [3.05, 3.63) is 63.7 Å². The van der Waals surface area contributed by atoms with Crippen molar-refractivity contribution in [1.29, 1.82) is 0 Å². The Morgan fingerprint density at radius 1 is 1.23 bits per heavy atom. The number of benzene rings is 2. The molecular formula is C23H26N2O5. The number of non-ortho nitro benzene ring substituents is 1. The maximum absolute atomic E-state index is 11.3. The van der Waals surface area contributed by atoms with Gasteiger partial charge in [-0.05, 0) is 44.4 Å². The van der Waals surface area contributed by atoms with Gasteiger partial charge in [0.1, 0.15) is 19.1 Å². The highest BCUT2D eigenvalue weighted by atomic mass is 16.8. The Balaban J connectivity index is 1.60. The molecule has 3 atom stereocenters. The number of para-hydroxylation sites is 1. The van der Waals surface area contributed by atoms with Crippen molar-refractivity contribution in [2.24, 2.45) is 0 Å². The van der Waals surface area contributed by atoms with Crippen LogP contribution in [-0.2, 0) is 14.9 Å². The van der Waals surface area contributed by atoms with Gasteiger partial charge in [0.2, 0.25) is 0 Å². The van der Waals surface area contributed by atoms with E-state index in [1.807, 2.05) is 19.1 Å². The summed E-state index contributed by atoms with van der Waals surface area (Å²) in [6.45, 7) is 9.37. The lowest BCUT2D eigenvalue weighted by Crippen LogP contribution is -2.62. The molecule has 2 aromatic rings. The molecule has 7 nitrogen and oxygen atoms in total. The summed E-state index contributed by atoms with van der Waals surface area (Å²) in [4.78, 5) is 13.1. The van der Waals surface area contributed by atoms with Crippen LogP contribution in [0.3, 0.4) is 0 Å². The number of nitro benzene ring substituents is 1. The molecule has 3 unspecified atom stereocenters. The van der Waals surface area contributed by atoms with Crippen LogP contribution in [0.2, 0.25) is 0 Å². The van der Waals surface area contributed by atoms with Crippen LogP contribution in [0.4, 0.5) is 11.4 Å². The predicted octanol–water partition coefficient (Wildman–Crippen LogP) is 4.70. The van der Waals surface area contributed by atoms with E-state index >= 15 is 0 Å². The van der Waals surface area contributed by atoms with Crippen molar-refractivity contribution < 1.29 is 19.1 Å². The first kappa shape index (κ1) is 19.3. The maximum Gasteiger partial charge on any atom is 0.269 e. The summed E-state index contributed by atoms with van der Waals surface area (Å²) >= 11 is 0. The van der Waals surface area contributed by atoms with E-state index in [0.29, 0.717) is 25.5 Å². The van der Waals surface area contributed by atoms with Crippen molar-refractivity contribution in [1.82, 2.24) is 0 Å². The van der Waals surface area contributed by atoms with Gasteiger partial charge < -0.3 is 19.1 Å². The van der Waals surface area contributed by atoms with E-state index in [4.69, 9.17) is 14.2 Å². The second-order valence-electron chi connectivity index (χ2n) is 9.24. The molecule has 1 saturated heterocycles. The summed E-state index contributed by atoms with van der Waals surface area (Å²) in [5.41, 5.74) is 2.25. The molecule has 0 saturated carbocycles. The zero-order valence-electron chi connectivity index (χ0n) is 17.7. The third kappa shape index (κ3) is 2.65. The van der Waals surface area contributed by atoms with Crippen LogP contribution in [-0.4, -0.2) is 29.8 Å². The summed E-state index contributed by atoms with van der Waals surface area (Å²) in [5.74, 6) is 0.235. The maximum atomic E-state index is 11.3. The van der Waals surface area contributed by atoms with E-state index in [1.54, 1.807) is 12.1 Å². The van der Waals surface area contributed by atoms with Gasteiger partial charge in [-0.15, -0.1) is 0 Å². The lowest BCUT2D eigenvalue weighted by atomic mass is 9.71. The predicted molar refractivity (Wildman–Crippen MR) is 112 cm³/mol. The minimum absolute atomic E-state index is 0.0810. The van der Waals surface area contributed by atoms with Gasteiger partial charge >= 0.3 is 0 Å². The average Bonchev–Trinajstić information content (AvgIpc) is 3.41. The fourth-order valence-corrected chi connectivity index (χ4v) is 4.96. The normalized spacial score (nSPS) is 30.5. The largest absolute Gasteiger partial charge is 0.467 e. The Bertz CT molecular complexity index is 1030. The average molecular weight is 410 g/mol. The first-order chi connectivity index (χ1) is 14.2. The number of ether oxygens (including phenoxy) is 3. The first-order valence-electron chi connectivity index (χ1n) is 10.3. The number of anilines is 1. The summed E-state index contributed by atoms with van der Waals surface area (Å²) < 4.78 is 18.3. The molecule has 3 aliphatic rings. The van der Waals surface area contributed by atoms with Gasteiger partial charge in [-0.25, -0.2) is 0 Å². The van der Waals surface area contributed by atoms with Gasteiger partial charge in [-0.1, -0.05) is 25.1 Å². The number of hydrogen-bond donors (Lipinski definition) is 0. The van der Waals surface area contributed by atoms with Crippen molar-refractivity contribution in [3.8, 4) is 5.75 Å². The van der Waals surface area contributed by atoms with Gasteiger partial charge in [0.25, 0.3) is 5.69 Å². The molecular weight excluding hydrogens is 384 g/mol. The van der Waals surface area contributed by atoms with E-state index in [0.717, 1.165) is 11.3 Å². The van der Waals surface area contributed by atoms with Gasteiger partial charge in [0.15, 0.2) is 11.5 Å². The highest BCUT2D eigenvalue weighted by molar-refractivity contribution is 5.67. The Kier molecular flexibility index (Phi) is 3.98. The topological polar surface area (TPSA) is 77.4 Å². The van der Waals surface area contributed by atoms with E-state index in [-0.39, 0.29) is 21.9 Å². The molecule has 1 fully saturated rings. The molecule has 1 spiro atoms. The van der Waals surface area contributed by atoms with Gasteiger partial charge in [0, 0.05) is 29.8 Å². The molecule has 158 valence electrons. The molecule has 2 aromatic carbocycles. The summed E-state index contributed by atoms with van der Waals surface area (Å²) in [6.07, 6.45) is 0.684. The minimum Gasteiger partial charge on any atom is -0.467 e. The third-order valence-corrected chi connectivity index (χ3v) is 6.93. The molecule has 0 aromatic heterocycles. The SMILES string of the molecule is CC1CC2(Oc3ccc([N+](=O)[O-])cc31)N(COC1(C)CO1)c1ccccc1C2(C)C. The fourth-order valence-electron chi connectivity index (χ4n) is 4.96. The number of nitro groups is 1. The highest BCUT2D eigenvalue weighted by Gasteiger charge is 2.61. The molecule has 0 aliphatic carbocycles. The smallest absolute Gasteiger partial charge is 0.269 e. The lowest BCUT2D eigenvalue weighted by molar-refractivity contribution is -0.385. The Morgan fingerprint density at radius 2 is 1.97 bits per heavy atom. The molecule has 3 heterocycles. The number of fused-ring (bicyclic) bond motifs is 2. The highest BCUT2D eigenvalue weighted by Crippen LogP contribution is 2.58. The molecule has 30 heavy (non-hydrogen) atoms. The Hall–Kier alpha value is -2.64. The monoisotopic (exact) mass is 410 g/mol. The summed E-state index contributed by atoms with van der Waals surface area (Å²) in [6, 6.07) is 13.2. The second kappa shape index (κ2) is 6.18. The van der Waals surface area contributed by atoms with E-state index in [1.165, 1.54) is 11.6 Å². The molecule has 3 aliphatic heterocycles. The number of epoxide rings is 1. The zero-order chi connectivity index (χ0) is 21.3. The zero-order valence-corrected chi connectivity index (χ0v) is 17.7. The summed E-state index contributed by atoms with van der Waals surface area (Å²) in [7, 11) is 0. The van der Waals surface area contributed by atoms with Crippen LogP contribution in [0, 0.1) is 10.1 Å². The van der Waals surface area contributed by atoms with E-state index in [9.17, 15) is 10.1 Å². The Labute approximate surface area is 175 Å². The van der Waals surface area contributed by atoms with Crippen LogP contribution in [0.15, 0.2) is 42.5 Å². The fraction of sp³-hybridized carbons (Fsp3) is 0.478. The van der Waals surface area contributed by atoms with Crippen LogP contribution >= 0.6 is 0 Å². The number of hydrogen-bond acceptors (Lipinski definition) is 6. The summed E-state index contributed by atoms with van der Waals surface area (Å²) in [5, 5.41) is 11.3. The van der Waals surface area contributed by atoms with Crippen LogP contribution in [0.25, 0.3) is 0 Å². The molecule has 0 bridgehead atoms. The lowest BCUT2D eigenvalue weighted by Gasteiger charge is -2.51. The Morgan fingerprint density at radius 3 is 2.67 bits per heavy atom. The van der Waals surface area contributed by atoms with Crippen LogP contribution in [0.1, 0.15) is 51.2 Å². The standard InChI is InChI=1S/C23H26N2O5/c1-15-12-23(30-20-10-9-16(25(26)27)11-17(15)20)21(2,3)18-7-5-6-8-19(18)24(23)14-29-22(4)13-28-22/h5-11,15H,12-14H2,1-4H3. The van der Waals surface area contributed by atoms with Crippen molar-refractivity contribution in [2.75, 3.05) is 18.2 Å².